The minimum Gasteiger partial charge on any atom is -0.417 e. The highest BCUT2D eigenvalue weighted by molar-refractivity contribution is 6.74. The Morgan fingerprint density at radius 2 is 0.786 bits per heavy atom. The van der Waals surface area contributed by atoms with Crippen LogP contribution in [0.2, 0.25) is 18.1 Å². The highest BCUT2D eigenvalue weighted by Gasteiger charge is 2.36. The molecule has 0 bridgehead atoms. The molecule has 0 unspecified atom stereocenters. The van der Waals surface area contributed by atoms with Gasteiger partial charge in [0.05, 0.1) is 0 Å². The van der Waals surface area contributed by atoms with E-state index >= 15 is 0 Å². The highest BCUT2D eigenvalue weighted by atomic mass is 28.4. The average Bonchev–Trinajstić information content (AvgIpc) is 2.62. The van der Waals surface area contributed by atoms with Gasteiger partial charge in [-0.05, 0) is 24.6 Å². The van der Waals surface area contributed by atoms with E-state index in [4.69, 9.17) is 4.43 Å². The molecule has 0 amide bonds. The van der Waals surface area contributed by atoms with E-state index in [1.807, 2.05) is 0 Å². The smallest absolute Gasteiger partial charge is 0.191 e. The summed E-state index contributed by atoms with van der Waals surface area (Å²) in [5.74, 6) is 0. The van der Waals surface area contributed by atoms with E-state index in [2.05, 4.69) is 40.8 Å². The predicted octanol–water partition coefficient (Wildman–Crippen LogP) is 10.0. The zero-order valence-corrected chi connectivity index (χ0v) is 21.8. The summed E-state index contributed by atoms with van der Waals surface area (Å²) in [5.41, 5.74) is 0. The molecule has 0 saturated carbocycles. The maximum absolute atomic E-state index is 6.26. The molecule has 0 aromatic rings. The fourth-order valence-electron chi connectivity index (χ4n) is 3.55. The van der Waals surface area contributed by atoms with Crippen LogP contribution in [0.4, 0.5) is 0 Å². The van der Waals surface area contributed by atoms with Crippen molar-refractivity contribution in [1.82, 2.24) is 0 Å². The Balaban J connectivity index is 3.18. The molecule has 0 aliphatic carbocycles. The van der Waals surface area contributed by atoms with Crippen molar-refractivity contribution < 1.29 is 4.43 Å². The lowest BCUT2D eigenvalue weighted by molar-refractivity contribution is 0.277. The molecule has 0 aliphatic heterocycles. The van der Waals surface area contributed by atoms with Gasteiger partial charge in [-0.3, -0.25) is 0 Å². The van der Waals surface area contributed by atoms with Gasteiger partial charge in [0.25, 0.3) is 0 Å². The molecule has 0 atom stereocenters. The minimum absolute atomic E-state index is 0.348. The van der Waals surface area contributed by atoms with Gasteiger partial charge in [0.2, 0.25) is 0 Å². The highest BCUT2D eigenvalue weighted by Crippen LogP contribution is 2.36. The van der Waals surface area contributed by atoms with Crippen LogP contribution < -0.4 is 0 Å². The van der Waals surface area contributed by atoms with Crippen molar-refractivity contribution in [2.75, 3.05) is 6.61 Å². The normalized spacial score (nSPS) is 12.6. The van der Waals surface area contributed by atoms with Crippen LogP contribution in [0.5, 0.6) is 0 Å². The standard InChI is InChI=1S/C26H56OSi/c1-7-8-9-10-11-12-13-14-15-16-17-18-19-20-21-22-23-24-25-27-28(5,6)26(2,3)4/h7-25H2,1-6H3. The van der Waals surface area contributed by atoms with Gasteiger partial charge in [0.15, 0.2) is 8.32 Å². The number of hydrogen-bond acceptors (Lipinski definition) is 1. The second kappa shape index (κ2) is 18.0. The third kappa shape index (κ3) is 17.1. The fourth-order valence-corrected chi connectivity index (χ4v) is 4.64. The summed E-state index contributed by atoms with van der Waals surface area (Å²) in [6, 6.07) is 0. The first-order valence-corrected chi connectivity index (χ1v) is 15.9. The summed E-state index contributed by atoms with van der Waals surface area (Å²) in [5, 5.41) is 0.348. The Morgan fingerprint density at radius 1 is 0.500 bits per heavy atom. The van der Waals surface area contributed by atoms with Gasteiger partial charge >= 0.3 is 0 Å². The molecule has 0 spiro atoms. The van der Waals surface area contributed by atoms with Gasteiger partial charge in [-0.15, -0.1) is 0 Å². The SMILES string of the molecule is CCCCCCCCCCCCCCCCCCCCO[Si](C)(C)C(C)(C)C. The van der Waals surface area contributed by atoms with E-state index in [0.29, 0.717) is 5.04 Å². The summed E-state index contributed by atoms with van der Waals surface area (Å²) >= 11 is 0. The van der Waals surface area contributed by atoms with Crippen molar-refractivity contribution >= 4 is 8.32 Å². The molecule has 0 radical (unpaired) electrons. The van der Waals surface area contributed by atoms with Gasteiger partial charge in [0, 0.05) is 6.61 Å². The summed E-state index contributed by atoms with van der Waals surface area (Å²) in [7, 11) is -1.52. The van der Waals surface area contributed by atoms with Crippen molar-refractivity contribution in [2.45, 2.75) is 161 Å². The molecule has 0 aromatic heterocycles. The van der Waals surface area contributed by atoms with Crippen LogP contribution in [0, 0.1) is 0 Å². The van der Waals surface area contributed by atoms with Crippen molar-refractivity contribution in [2.24, 2.45) is 0 Å². The Labute approximate surface area is 180 Å². The van der Waals surface area contributed by atoms with E-state index in [0.717, 1.165) is 6.61 Å². The first-order valence-electron chi connectivity index (χ1n) is 12.9. The van der Waals surface area contributed by atoms with Crippen LogP contribution in [0.1, 0.15) is 143 Å². The van der Waals surface area contributed by atoms with Gasteiger partial charge in [-0.1, -0.05) is 137 Å². The van der Waals surface area contributed by atoms with Gasteiger partial charge in [-0.2, -0.15) is 0 Å². The lowest BCUT2D eigenvalue weighted by atomic mass is 10.0. The Hall–Kier alpha value is 0.177. The van der Waals surface area contributed by atoms with Gasteiger partial charge in [-0.25, -0.2) is 0 Å². The van der Waals surface area contributed by atoms with Crippen molar-refractivity contribution in [1.29, 1.82) is 0 Å². The maximum atomic E-state index is 6.26. The third-order valence-electron chi connectivity index (χ3n) is 6.77. The molecule has 0 fully saturated rings. The number of unbranched alkanes of at least 4 members (excludes halogenated alkanes) is 17. The Kier molecular flexibility index (Phi) is 18.1. The van der Waals surface area contributed by atoms with E-state index in [1.54, 1.807) is 0 Å². The second-order valence-electron chi connectivity index (χ2n) is 10.6. The Bertz CT molecular complexity index is 319. The zero-order valence-electron chi connectivity index (χ0n) is 20.8. The molecule has 2 heteroatoms. The first kappa shape index (κ1) is 28.2. The maximum Gasteiger partial charge on any atom is 0.191 e. The lowest BCUT2D eigenvalue weighted by Crippen LogP contribution is -2.40. The minimum atomic E-state index is -1.52. The molecule has 0 aliphatic rings. The second-order valence-corrected chi connectivity index (χ2v) is 15.4. The summed E-state index contributed by atoms with van der Waals surface area (Å²) in [6.45, 7) is 15.0. The number of rotatable bonds is 20. The van der Waals surface area contributed by atoms with E-state index in [-0.39, 0.29) is 0 Å². The molecule has 0 saturated heterocycles. The first-order chi connectivity index (χ1) is 13.3. The molecule has 170 valence electrons. The van der Waals surface area contributed by atoms with Gasteiger partial charge in [0.1, 0.15) is 0 Å². The molecule has 28 heavy (non-hydrogen) atoms. The van der Waals surface area contributed by atoms with Crippen LogP contribution in [0.25, 0.3) is 0 Å². The monoisotopic (exact) mass is 412 g/mol. The van der Waals surface area contributed by atoms with Crippen molar-refractivity contribution in [3.63, 3.8) is 0 Å². The molecule has 0 aromatic carbocycles. The molecule has 0 rings (SSSR count). The summed E-state index contributed by atoms with van der Waals surface area (Å²) in [4.78, 5) is 0. The largest absolute Gasteiger partial charge is 0.417 e. The topological polar surface area (TPSA) is 9.23 Å². The van der Waals surface area contributed by atoms with Crippen LogP contribution in [0.15, 0.2) is 0 Å². The van der Waals surface area contributed by atoms with E-state index < -0.39 is 8.32 Å². The van der Waals surface area contributed by atoms with Crippen LogP contribution in [-0.4, -0.2) is 14.9 Å². The van der Waals surface area contributed by atoms with Crippen molar-refractivity contribution in [3.05, 3.63) is 0 Å². The lowest BCUT2D eigenvalue weighted by Gasteiger charge is -2.36. The Morgan fingerprint density at radius 3 is 1.07 bits per heavy atom. The van der Waals surface area contributed by atoms with Crippen molar-refractivity contribution in [3.8, 4) is 0 Å². The summed E-state index contributed by atoms with van der Waals surface area (Å²) < 4.78 is 6.26. The number of hydrogen-bond donors (Lipinski definition) is 0. The van der Waals surface area contributed by atoms with Crippen LogP contribution in [0.3, 0.4) is 0 Å². The molecule has 0 heterocycles. The van der Waals surface area contributed by atoms with Gasteiger partial charge < -0.3 is 4.43 Å². The quantitative estimate of drug-likeness (QED) is 0.143. The molecular formula is C26H56OSi. The third-order valence-corrected chi connectivity index (χ3v) is 11.3. The molecule has 1 nitrogen and oxygen atoms in total. The van der Waals surface area contributed by atoms with Crippen LogP contribution in [-0.2, 0) is 4.43 Å². The predicted molar refractivity (Wildman–Crippen MR) is 132 cm³/mol. The fraction of sp³-hybridized carbons (Fsp3) is 1.00. The van der Waals surface area contributed by atoms with E-state index in [1.165, 1.54) is 116 Å². The van der Waals surface area contributed by atoms with E-state index in [9.17, 15) is 0 Å². The zero-order chi connectivity index (χ0) is 21.1. The summed E-state index contributed by atoms with van der Waals surface area (Å²) in [6.07, 6.45) is 25.9. The molecule has 0 N–H and O–H groups in total. The average molecular weight is 413 g/mol. The van der Waals surface area contributed by atoms with Crippen LogP contribution >= 0.6 is 0 Å². The molecular weight excluding hydrogens is 356 g/mol.